The van der Waals surface area contributed by atoms with Crippen LogP contribution in [-0.4, -0.2) is 27.3 Å². The summed E-state index contributed by atoms with van der Waals surface area (Å²) in [5.74, 6) is -0.00643. The minimum absolute atomic E-state index is 0.00643. The molecule has 4 nitrogen and oxygen atoms in total. The maximum atomic E-state index is 13.6. The van der Waals surface area contributed by atoms with E-state index in [0.717, 1.165) is 48.0 Å². The number of benzene rings is 2. The van der Waals surface area contributed by atoms with Crippen LogP contribution in [0.5, 0.6) is 0 Å². The fourth-order valence-corrected chi connectivity index (χ4v) is 4.81. The molecule has 0 spiro atoms. The summed E-state index contributed by atoms with van der Waals surface area (Å²) >= 11 is 0. The summed E-state index contributed by atoms with van der Waals surface area (Å²) in [6.07, 6.45) is 4.50. The average molecular weight is 422 g/mol. The fraction of sp³-hybridized carbons (Fsp3) is 0.250. The highest BCUT2D eigenvalue weighted by Crippen LogP contribution is 2.34. The summed E-state index contributed by atoms with van der Waals surface area (Å²) in [6.45, 7) is 4.92. The maximum Gasteiger partial charge on any atom is 0.273 e. The van der Waals surface area contributed by atoms with Gasteiger partial charge in [-0.1, -0.05) is 48.5 Å². The zero-order valence-electron chi connectivity index (χ0n) is 18.6. The molecule has 0 aliphatic carbocycles. The fourth-order valence-electron chi connectivity index (χ4n) is 4.81. The van der Waals surface area contributed by atoms with Gasteiger partial charge in [-0.2, -0.15) is 0 Å². The number of carbonyl (C=O) groups excluding carboxylic acids is 1. The molecule has 2 aromatic heterocycles. The largest absolute Gasteiger partial charge is 0.329 e. The molecule has 2 aromatic carbocycles. The Kier molecular flexibility index (Phi) is 5.44. The standard InChI is InChI=1S/C28H27N3O/c1-19-8-3-4-10-23(19)17-21-16-20(2)30-25(18-21)26-12-7-15-31(26)28(32)27-24-11-6-5-9-22(24)13-14-29-27/h3-6,8-11,13-14,16,18,26H,7,12,15,17H2,1-2H3/t26-/m1/s1. The van der Waals surface area contributed by atoms with Crippen LogP contribution in [0.2, 0.25) is 0 Å². The predicted molar refractivity (Wildman–Crippen MR) is 128 cm³/mol. The van der Waals surface area contributed by atoms with Gasteiger partial charge in [-0.15, -0.1) is 0 Å². The topological polar surface area (TPSA) is 46.1 Å². The molecule has 4 heteroatoms. The molecular weight excluding hydrogens is 394 g/mol. The SMILES string of the molecule is Cc1cc(Cc2ccccc2C)cc([C@H]2CCCN2C(=O)c2nccc3ccccc23)n1. The van der Waals surface area contributed by atoms with Crippen LogP contribution in [0.1, 0.15) is 57.5 Å². The Balaban J connectivity index is 1.47. The second-order valence-corrected chi connectivity index (χ2v) is 8.68. The van der Waals surface area contributed by atoms with E-state index >= 15 is 0 Å². The number of hydrogen-bond acceptors (Lipinski definition) is 3. The number of amides is 1. The van der Waals surface area contributed by atoms with Gasteiger partial charge in [-0.3, -0.25) is 14.8 Å². The Morgan fingerprint density at radius 1 is 1.03 bits per heavy atom. The van der Waals surface area contributed by atoms with E-state index in [4.69, 9.17) is 4.98 Å². The molecule has 160 valence electrons. The van der Waals surface area contributed by atoms with Crippen molar-refractivity contribution in [2.24, 2.45) is 0 Å². The van der Waals surface area contributed by atoms with Gasteiger partial charge in [0.1, 0.15) is 5.69 Å². The van der Waals surface area contributed by atoms with Gasteiger partial charge in [0.15, 0.2) is 0 Å². The van der Waals surface area contributed by atoms with Crippen LogP contribution in [-0.2, 0) is 6.42 Å². The van der Waals surface area contributed by atoms with Gasteiger partial charge in [-0.25, -0.2) is 0 Å². The van der Waals surface area contributed by atoms with Gasteiger partial charge < -0.3 is 4.90 Å². The Labute approximate surface area is 189 Å². The van der Waals surface area contributed by atoms with Crippen molar-refractivity contribution in [3.63, 3.8) is 0 Å². The van der Waals surface area contributed by atoms with Crippen molar-refractivity contribution in [2.75, 3.05) is 6.54 Å². The summed E-state index contributed by atoms with van der Waals surface area (Å²) in [6, 6.07) is 22.7. The molecule has 0 saturated carbocycles. The molecule has 1 aliphatic rings. The molecule has 1 fully saturated rings. The quantitative estimate of drug-likeness (QED) is 0.417. The third-order valence-electron chi connectivity index (χ3n) is 6.42. The maximum absolute atomic E-state index is 13.6. The van der Waals surface area contributed by atoms with E-state index in [0.29, 0.717) is 5.69 Å². The van der Waals surface area contributed by atoms with E-state index in [1.54, 1.807) is 6.20 Å². The highest BCUT2D eigenvalue weighted by molar-refractivity contribution is 6.05. The lowest BCUT2D eigenvalue weighted by molar-refractivity contribution is 0.0729. The molecular formula is C28H27N3O. The van der Waals surface area contributed by atoms with Crippen molar-refractivity contribution in [3.05, 3.63) is 107 Å². The third kappa shape index (κ3) is 3.89. The smallest absolute Gasteiger partial charge is 0.273 e. The van der Waals surface area contributed by atoms with Crippen LogP contribution in [0.4, 0.5) is 0 Å². The molecule has 32 heavy (non-hydrogen) atoms. The van der Waals surface area contributed by atoms with E-state index in [2.05, 4.69) is 48.3 Å². The molecule has 4 aromatic rings. The van der Waals surface area contributed by atoms with Crippen LogP contribution in [0.25, 0.3) is 10.8 Å². The minimum atomic E-state index is -0.0150. The number of aromatic nitrogens is 2. The van der Waals surface area contributed by atoms with E-state index in [-0.39, 0.29) is 11.9 Å². The Morgan fingerprint density at radius 3 is 2.72 bits per heavy atom. The lowest BCUT2D eigenvalue weighted by Gasteiger charge is -2.25. The third-order valence-corrected chi connectivity index (χ3v) is 6.42. The molecule has 0 N–H and O–H groups in total. The van der Waals surface area contributed by atoms with Crippen molar-refractivity contribution in [2.45, 2.75) is 39.2 Å². The minimum Gasteiger partial charge on any atom is -0.329 e. The lowest BCUT2D eigenvalue weighted by Crippen LogP contribution is -2.32. The first kappa shape index (κ1) is 20.4. The van der Waals surface area contributed by atoms with E-state index in [1.807, 2.05) is 42.2 Å². The van der Waals surface area contributed by atoms with Crippen molar-refractivity contribution in [3.8, 4) is 0 Å². The summed E-state index contributed by atoms with van der Waals surface area (Å²) < 4.78 is 0. The predicted octanol–water partition coefficient (Wildman–Crippen LogP) is 5.81. The first-order valence-corrected chi connectivity index (χ1v) is 11.3. The Hall–Kier alpha value is -3.53. The van der Waals surface area contributed by atoms with Crippen molar-refractivity contribution < 1.29 is 4.79 Å². The normalized spacial score (nSPS) is 15.9. The molecule has 5 rings (SSSR count). The molecule has 0 unspecified atom stereocenters. The summed E-state index contributed by atoms with van der Waals surface area (Å²) in [4.78, 5) is 24.9. The monoisotopic (exact) mass is 421 g/mol. The lowest BCUT2D eigenvalue weighted by atomic mass is 9.98. The van der Waals surface area contributed by atoms with Gasteiger partial charge in [0.2, 0.25) is 0 Å². The summed E-state index contributed by atoms with van der Waals surface area (Å²) in [5, 5.41) is 1.94. The molecule has 1 aliphatic heterocycles. The molecule has 1 saturated heterocycles. The first-order valence-electron chi connectivity index (χ1n) is 11.3. The number of rotatable bonds is 4. The molecule has 1 amide bonds. The number of likely N-dealkylation sites (tertiary alicyclic amines) is 1. The summed E-state index contributed by atoms with van der Waals surface area (Å²) in [5.41, 5.74) is 6.37. The van der Waals surface area contributed by atoms with Gasteiger partial charge in [0.05, 0.1) is 11.7 Å². The van der Waals surface area contributed by atoms with Crippen LogP contribution < -0.4 is 0 Å². The number of hydrogen-bond donors (Lipinski definition) is 0. The zero-order chi connectivity index (χ0) is 22.1. The zero-order valence-corrected chi connectivity index (χ0v) is 18.6. The second-order valence-electron chi connectivity index (χ2n) is 8.68. The summed E-state index contributed by atoms with van der Waals surface area (Å²) in [7, 11) is 0. The number of aryl methyl sites for hydroxylation is 2. The first-order chi connectivity index (χ1) is 15.6. The number of nitrogens with zero attached hydrogens (tertiary/aromatic N) is 3. The Bertz CT molecular complexity index is 1290. The van der Waals surface area contributed by atoms with Crippen molar-refractivity contribution in [1.29, 1.82) is 0 Å². The molecule has 1 atom stereocenters. The van der Waals surface area contributed by atoms with Crippen LogP contribution in [0, 0.1) is 13.8 Å². The Morgan fingerprint density at radius 2 is 1.84 bits per heavy atom. The highest BCUT2D eigenvalue weighted by atomic mass is 16.2. The molecule has 3 heterocycles. The van der Waals surface area contributed by atoms with Crippen molar-refractivity contribution >= 4 is 16.7 Å². The van der Waals surface area contributed by atoms with Gasteiger partial charge >= 0.3 is 0 Å². The van der Waals surface area contributed by atoms with Gasteiger partial charge in [0, 0.05) is 23.8 Å². The highest BCUT2D eigenvalue weighted by Gasteiger charge is 2.33. The number of fused-ring (bicyclic) bond motifs is 1. The number of pyridine rings is 2. The van der Waals surface area contributed by atoms with E-state index in [1.165, 1.54) is 16.7 Å². The van der Waals surface area contributed by atoms with Crippen LogP contribution in [0.3, 0.4) is 0 Å². The molecule has 0 radical (unpaired) electrons. The second kappa shape index (κ2) is 8.54. The van der Waals surface area contributed by atoms with E-state index in [9.17, 15) is 4.79 Å². The number of carbonyl (C=O) groups is 1. The molecule has 0 bridgehead atoms. The van der Waals surface area contributed by atoms with Crippen LogP contribution >= 0.6 is 0 Å². The van der Waals surface area contributed by atoms with Gasteiger partial charge in [0.25, 0.3) is 5.91 Å². The van der Waals surface area contributed by atoms with Crippen LogP contribution in [0.15, 0.2) is 72.9 Å². The van der Waals surface area contributed by atoms with E-state index < -0.39 is 0 Å². The average Bonchev–Trinajstić information content (AvgIpc) is 3.29. The van der Waals surface area contributed by atoms with Crippen molar-refractivity contribution in [1.82, 2.24) is 14.9 Å². The van der Waals surface area contributed by atoms with Gasteiger partial charge in [-0.05, 0) is 73.4 Å².